The van der Waals surface area contributed by atoms with Crippen molar-refractivity contribution in [3.05, 3.63) is 51.8 Å². The molecule has 1 aromatic heterocycles. The van der Waals surface area contributed by atoms with Crippen LogP contribution in [-0.4, -0.2) is 16.5 Å². The first kappa shape index (κ1) is 14.3. The van der Waals surface area contributed by atoms with E-state index in [1.54, 1.807) is 6.20 Å². The van der Waals surface area contributed by atoms with Crippen LogP contribution in [0.1, 0.15) is 24.8 Å². The van der Waals surface area contributed by atoms with Gasteiger partial charge in [-0.2, -0.15) is 4.98 Å². The molecule has 1 N–H and O–H groups in total. The van der Waals surface area contributed by atoms with Crippen molar-refractivity contribution in [1.82, 2.24) is 9.97 Å². The highest BCUT2D eigenvalue weighted by molar-refractivity contribution is 9.10. The molecular weight excluding hydrogens is 326 g/mol. The molecule has 3 nitrogen and oxygen atoms in total. The Labute approximate surface area is 126 Å². The normalized spacial score (nSPS) is 12.2. The molecule has 0 saturated carbocycles. The quantitative estimate of drug-likeness (QED) is 0.814. The predicted molar refractivity (Wildman–Crippen MR) is 82.7 cm³/mol. The fraction of sp³-hybridized carbons (Fsp3) is 0.286. The Morgan fingerprint density at radius 1 is 1.32 bits per heavy atom. The van der Waals surface area contributed by atoms with E-state index in [-0.39, 0.29) is 5.28 Å². The Morgan fingerprint density at radius 3 is 2.79 bits per heavy atom. The summed E-state index contributed by atoms with van der Waals surface area (Å²) in [5, 5.41) is 3.52. The average molecular weight is 341 g/mol. The molecule has 0 fully saturated rings. The third-order valence-electron chi connectivity index (χ3n) is 2.95. The zero-order valence-corrected chi connectivity index (χ0v) is 12.9. The first-order chi connectivity index (χ1) is 9.16. The van der Waals surface area contributed by atoms with Crippen molar-refractivity contribution in [2.75, 3.05) is 11.9 Å². The molecule has 19 heavy (non-hydrogen) atoms. The van der Waals surface area contributed by atoms with Crippen LogP contribution in [0.25, 0.3) is 0 Å². The zero-order chi connectivity index (χ0) is 13.7. The summed E-state index contributed by atoms with van der Waals surface area (Å²) >= 11 is 9.17. The lowest BCUT2D eigenvalue weighted by Gasteiger charge is -2.13. The van der Waals surface area contributed by atoms with Gasteiger partial charge in [-0.05, 0) is 45.4 Å². The standard InChI is InChI=1S/C14H15BrClN3/c1-10(11-5-3-2-4-6-11)7-8-17-13-12(15)9-18-14(16)19-13/h2-6,9-10H,7-8H2,1H3,(H,17,18,19). The SMILES string of the molecule is CC(CCNc1nc(Cl)ncc1Br)c1ccccc1. The van der Waals surface area contributed by atoms with E-state index in [9.17, 15) is 0 Å². The van der Waals surface area contributed by atoms with Gasteiger partial charge in [0, 0.05) is 12.7 Å². The van der Waals surface area contributed by atoms with Gasteiger partial charge in [-0.3, -0.25) is 0 Å². The number of benzene rings is 1. The third-order valence-corrected chi connectivity index (χ3v) is 3.72. The van der Waals surface area contributed by atoms with Crippen molar-refractivity contribution >= 4 is 33.3 Å². The van der Waals surface area contributed by atoms with Crippen LogP contribution in [0.15, 0.2) is 41.0 Å². The van der Waals surface area contributed by atoms with E-state index in [0.717, 1.165) is 23.3 Å². The molecule has 0 saturated heterocycles. The Balaban J connectivity index is 1.88. The number of aromatic nitrogens is 2. The van der Waals surface area contributed by atoms with Crippen molar-refractivity contribution in [2.45, 2.75) is 19.3 Å². The van der Waals surface area contributed by atoms with E-state index in [2.05, 4.69) is 62.4 Å². The molecule has 2 rings (SSSR count). The van der Waals surface area contributed by atoms with Gasteiger partial charge in [0.1, 0.15) is 5.82 Å². The number of rotatable bonds is 5. The van der Waals surface area contributed by atoms with Crippen molar-refractivity contribution in [3.8, 4) is 0 Å². The van der Waals surface area contributed by atoms with Gasteiger partial charge in [0.15, 0.2) is 0 Å². The number of hydrogen-bond donors (Lipinski definition) is 1. The highest BCUT2D eigenvalue weighted by atomic mass is 79.9. The second kappa shape index (κ2) is 6.87. The zero-order valence-electron chi connectivity index (χ0n) is 10.6. The minimum absolute atomic E-state index is 0.252. The summed E-state index contributed by atoms with van der Waals surface area (Å²) in [5.41, 5.74) is 1.35. The van der Waals surface area contributed by atoms with E-state index < -0.39 is 0 Å². The molecule has 1 heterocycles. The van der Waals surface area contributed by atoms with Gasteiger partial charge in [-0.25, -0.2) is 4.98 Å². The molecular formula is C14H15BrClN3. The van der Waals surface area contributed by atoms with Gasteiger partial charge < -0.3 is 5.32 Å². The average Bonchev–Trinajstić information content (AvgIpc) is 2.43. The summed E-state index contributed by atoms with van der Waals surface area (Å²) in [6, 6.07) is 10.5. The van der Waals surface area contributed by atoms with Crippen LogP contribution in [0, 0.1) is 0 Å². The molecule has 100 valence electrons. The van der Waals surface area contributed by atoms with Crippen molar-refractivity contribution in [3.63, 3.8) is 0 Å². The summed E-state index contributed by atoms with van der Waals surface area (Å²) in [5.74, 6) is 1.24. The minimum Gasteiger partial charge on any atom is -0.369 e. The molecule has 5 heteroatoms. The van der Waals surface area contributed by atoms with Gasteiger partial charge in [0.05, 0.1) is 4.47 Å². The predicted octanol–water partition coefficient (Wildman–Crippen LogP) is 4.50. The first-order valence-electron chi connectivity index (χ1n) is 6.13. The molecule has 0 aliphatic rings. The lowest BCUT2D eigenvalue weighted by atomic mass is 9.98. The third kappa shape index (κ3) is 4.18. The molecule has 0 bridgehead atoms. The first-order valence-corrected chi connectivity index (χ1v) is 7.31. The summed E-state index contributed by atoms with van der Waals surface area (Å²) in [6.45, 7) is 3.06. The van der Waals surface area contributed by atoms with Gasteiger partial charge in [-0.1, -0.05) is 37.3 Å². The maximum absolute atomic E-state index is 5.77. The minimum atomic E-state index is 0.252. The maximum atomic E-state index is 5.77. The van der Waals surface area contributed by atoms with Gasteiger partial charge >= 0.3 is 0 Å². The van der Waals surface area contributed by atoms with E-state index in [4.69, 9.17) is 11.6 Å². The Morgan fingerprint density at radius 2 is 2.05 bits per heavy atom. The summed E-state index contributed by atoms with van der Waals surface area (Å²) in [4.78, 5) is 8.04. The van der Waals surface area contributed by atoms with Crippen LogP contribution >= 0.6 is 27.5 Å². The molecule has 0 spiro atoms. The number of hydrogen-bond acceptors (Lipinski definition) is 3. The van der Waals surface area contributed by atoms with Crippen molar-refractivity contribution in [1.29, 1.82) is 0 Å². The van der Waals surface area contributed by atoms with E-state index in [1.165, 1.54) is 5.56 Å². The Kier molecular flexibility index (Phi) is 5.16. The lowest BCUT2D eigenvalue weighted by Crippen LogP contribution is -2.08. The van der Waals surface area contributed by atoms with E-state index in [0.29, 0.717) is 5.92 Å². The van der Waals surface area contributed by atoms with Crippen molar-refractivity contribution < 1.29 is 0 Å². The summed E-state index contributed by atoms with van der Waals surface area (Å²) in [6.07, 6.45) is 2.68. The number of nitrogens with zero attached hydrogens (tertiary/aromatic N) is 2. The topological polar surface area (TPSA) is 37.8 Å². The lowest BCUT2D eigenvalue weighted by molar-refractivity contribution is 0.704. The van der Waals surface area contributed by atoms with E-state index in [1.807, 2.05) is 6.07 Å². The largest absolute Gasteiger partial charge is 0.369 e. The molecule has 1 aromatic carbocycles. The number of halogens is 2. The molecule has 1 atom stereocenters. The summed E-state index contributed by atoms with van der Waals surface area (Å²) < 4.78 is 0.823. The van der Waals surface area contributed by atoms with Crippen LogP contribution in [0.5, 0.6) is 0 Å². The number of anilines is 1. The smallest absolute Gasteiger partial charge is 0.224 e. The van der Waals surface area contributed by atoms with Gasteiger partial charge in [0.25, 0.3) is 0 Å². The van der Waals surface area contributed by atoms with E-state index >= 15 is 0 Å². The fourth-order valence-corrected chi connectivity index (χ4v) is 2.29. The van der Waals surface area contributed by atoms with Crippen LogP contribution in [0.4, 0.5) is 5.82 Å². The van der Waals surface area contributed by atoms with Crippen LogP contribution < -0.4 is 5.32 Å². The van der Waals surface area contributed by atoms with Crippen LogP contribution in [0.2, 0.25) is 5.28 Å². The fourth-order valence-electron chi connectivity index (χ4n) is 1.82. The molecule has 2 aromatic rings. The van der Waals surface area contributed by atoms with Gasteiger partial charge in [-0.15, -0.1) is 0 Å². The number of nitrogens with one attached hydrogen (secondary N) is 1. The van der Waals surface area contributed by atoms with Crippen LogP contribution in [0.3, 0.4) is 0 Å². The van der Waals surface area contributed by atoms with Gasteiger partial charge in [0.2, 0.25) is 5.28 Å². The monoisotopic (exact) mass is 339 g/mol. The highest BCUT2D eigenvalue weighted by Gasteiger charge is 2.06. The molecule has 0 radical (unpaired) electrons. The molecule has 1 unspecified atom stereocenters. The second-order valence-electron chi connectivity index (χ2n) is 4.36. The maximum Gasteiger partial charge on any atom is 0.224 e. The Bertz CT molecular complexity index is 533. The summed E-state index contributed by atoms with van der Waals surface area (Å²) in [7, 11) is 0. The van der Waals surface area contributed by atoms with Crippen LogP contribution in [-0.2, 0) is 0 Å². The molecule has 0 aliphatic carbocycles. The second-order valence-corrected chi connectivity index (χ2v) is 5.56. The molecule has 0 aliphatic heterocycles. The molecule has 0 amide bonds. The highest BCUT2D eigenvalue weighted by Crippen LogP contribution is 2.22. The van der Waals surface area contributed by atoms with Crippen molar-refractivity contribution in [2.24, 2.45) is 0 Å². The Hall–Kier alpha value is -1.13.